The van der Waals surface area contributed by atoms with Gasteiger partial charge in [-0.25, -0.2) is 0 Å². The largest absolute Gasteiger partial charge is 0.352 e. The molecule has 1 heterocycles. The molecule has 0 aliphatic carbocycles. The Hall–Kier alpha value is -0.220. The van der Waals surface area contributed by atoms with Gasteiger partial charge >= 0.3 is 0 Å². The lowest BCUT2D eigenvalue weighted by atomic mass is 10.2. The molecule has 1 aliphatic rings. The second-order valence-corrected chi connectivity index (χ2v) is 5.49. The minimum absolute atomic E-state index is 0.205. The van der Waals surface area contributed by atoms with Crippen LogP contribution < -0.4 is 10.6 Å². The molecule has 0 spiro atoms. The number of thioether (sulfide) groups is 1. The van der Waals surface area contributed by atoms with Crippen LogP contribution in [0.4, 0.5) is 0 Å². The van der Waals surface area contributed by atoms with Crippen LogP contribution in [0.1, 0.15) is 33.1 Å². The van der Waals surface area contributed by atoms with Gasteiger partial charge < -0.3 is 10.6 Å². The zero-order valence-electron chi connectivity index (χ0n) is 9.71. The van der Waals surface area contributed by atoms with Gasteiger partial charge in [-0.3, -0.25) is 4.79 Å². The molecule has 0 bridgehead atoms. The van der Waals surface area contributed by atoms with Gasteiger partial charge in [0.2, 0.25) is 5.91 Å². The first-order chi connectivity index (χ1) is 7.22. The molecule has 1 fully saturated rings. The molecule has 2 unspecified atom stereocenters. The molecule has 0 radical (unpaired) electrons. The van der Waals surface area contributed by atoms with Crippen molar-refractivity contribution < 1.29 is 4.79 Å². The Labute approximate surface area is 96.8 Å². The summed E-state index contributed by atoms with van der Waals surface area (Å²) in [5, 5.41) is 6.45. The van der Waals surface area contributed by atoms with Crippen molar-refractivity contribution in [1.82, 2.24) is 10.6 Å². The predicted molar refractivity (Wildman–Crippen MR) is 66.2 cm³/mol. The number of carbonyl (C=O) groups excluding carboxylic acids is 1. The lowest BCUT2D eigenvalue weighted by molar-refractivity contribution is -0.119. The van der Waals surface area contributed by atoms with E-state index in [4.69, 9.17) is 0 Å². The molecule has 88 valence electrons. The van der Waals surface area contributed by atoms with Crippen LogP contribution in [-0.4, -0.2) is 36.0 Å². The van der Waals surface area contributed by atoms with E-state index in [-0.39, 0.29) is 5.91 Å². The Morgan fingerprint density at radius 2 is 2.47 bits per heavy atom. The summed E-state index contributed by atoms with van der Waals surface area (Å²) in [5.74, 6) is 2.63. The molecule has 1 rings (SSSR count). The molecule has 0 aromatic carbocycles. The van der Waals surface area contributed by atoms with Crippen LogP contribution in [0.2, 0.25) is 0 Å². The lowest BCUT2D eigenvalue weighted by Crippen LogP contribution is -2.39. The fourth-order valence-electron chi connectivity index (χ4n) is 1.68. The molecular weight excluding hydrogens is 208 g/mol. The maximum absolute atomic E-state index is 11.0. The summed E-state index contributed by atoms with van der Waals surface area (Å²) in [6, 6.07) is 0.917. The molecule has 15 heavy (non-hydrogen) atoms. The Morgan fingerprint density at radius 1 is 1.67 bits per heavy atom. The predicted octanol–water partition coefficient (Wildman–Crippen LogP) is 1.39. The van der Waals surface area contributed by atoms with Crippen LogP contribution in [0.15, 0.2) is 0 Å². The molecule has 2 N–H and O–H groups in total. The molecular formula is C11H22N2OS. The molecule has 0 aromatic heterocycles. The van der Waals surface area contributed by atoms with Crippen molar-refractivity contribution in [3.05, 3.63) is 0 Å². The molecule has 0 aromatic rings. The van der Waals surface area contributed by atoms with Gasteiger partial charge in [-0.1, -0.05) is 6.92 Å². The minimum Gasteiger partial charge on any atom is -0.352 e. The number of amides is 1. The topological polar surface area (TPSA) is 41.1 Å². The van der Waals surface area contributed by atoms with Gasteiger partial charge in [0.05, 0.1) is 0 Å². The molecule has 1 amide bonds. The number of carbonyl (C=O) groups is 1. The Kier molecular flexibility index (Phi) is 6.10. The summed E-state index contributed by atoms with van der Waals surface area (Å²) in [6.45, 7) is 5.33. The number of nitrogens with one attached hydrogen (secondary N) is 2. The Bertz CT molecular complexity index is 199. The fourth-order valence-corrected chi connectivity index (χ4v) is 2.49. The third-order valence-corrected chi connectivity index (χ3v) is 3.63. The smallest absolute Gasteiger partial charge is 0.220 e. The lowest BCUT2D eigenvalue weighted by Gasteiger charge is -2.16. The monoisotopic (exact) mass is 230 g/mol. The van der Waals surface area contributed by atoms with Gasteiger partial charge in [0, 0.05) is 25.0 Å². The van der Waals surface area contributed by atoms with E-state index >= 15 is 0 Å². The third-order valence-electron chi connectivity index (χ3n) is 2.70. The standard InChI is InChI=1S/C11H22N2OS/c1-3-15-7-6-9(2)12-8-10-4-5-11(14)13-10/h9-10,12H,3-8H2,1-2H3,(H,13,14). The second-order valence-electron chi connectivity index (χ2n) is 4.10. The molecule has 4 heteroatoms. The maximum atomic E-state index is 11.0. The molecule has 2 atom stereocenters. The minimum atomic E-state index is 0.205. The Balaban J connectivity index is 2.01. The van der Waals surface area contributed by atoms with Gasteiger partial charge in [0.15, 0.2) is 0 Å². The van der Waals surface area contributed by atoms with E-state index in [1.54, 1.807) is 0 Å². The summed E-state index contributed by atoms with van der Waals surface area (Å²) in [4.78, 5) is 11.0. The van der Waals surface area contributed by atoms with Gasteiger partial charge in [-0.05, 0) is 31.3 Å². The van der Waals surface area contributed by atoms with Crippen LogP contribution in [0.25, 0.3) is 0 Å². The molecule has 0 saturated carbocycles. The summed E-state index contributed by atoms with van der Waals surface area (Å²) in [7, 11) is 0. The van der Waals surface area contributed by atoms with Gasteiger partial charge in [0.1, 0.15) is 0 Å². The highest BCUT2D eigenvalue weighted by Crippen LogP contribution is 2.07. The number of hydrogen-bond acceptors (Lipinski definition) is 3. The maximum Gasteiger partial charge on any atom is 0.220 e. The SMILES string of the molecule is CCSCCC(C)NCC1CCC(=O)N1. The van der Waals surface area contributed by atoms with Crippen molar-refractivity contribution in [3.8, 4) is 0 Å². The highest BCUT2D eigenvalue weighted by atomic mass is 32.2. The first-order valence-corrected chi connectivity index (χ1v) is 6.98. The van der Waals surface area contributed by atoms with Crippen molar-refractivity contribution in [2.75, 3.05) is 18.1 Å². The number of rotatable bonds is 7. The van der Waals surface area contributed by atoms with Gasteiger partial charge in [-0.15, -0.1) is 0 Å². The summed E-state index contributed by atoms with van der Waals surface area (Å²) in [5.41, 5.74) is 0. The van der Waals surface area contributed by atoms with Crippen LogP contribution in [-0.2, 0) is 4.79 Å². The van der Waals surface area contributed by atoms with Crippen molar-refractivity contribution in [2.24, 2.45) is 0 Å². The number of hydrogen-bond donors (Lipinski definition) is 2. The Morgan fingerprint density at radius 3 is 3.07 bits per heavy atom. The average molecular weight is 230 g/mol. The van der Waals surface area contributed by atoms with E-state index < -0.39 is 0 Å². The highest BCUT2D eigenvalue weighted by Gasteiger charge is 2.20. The van der Waals surface area contributed by atoms with Crippen LogP contribution in [0.3, 0.4) is 0 Å². The first-order valence-electron chi connectivity index (χ1n) is 5.83. The zero-order chi connectivity index (χ0) is 11.1. The van der Waals surface area contributed by atoms with Gasteiger partial charge in [-0.2, -0.15) is 11.8 Å². The van der Waals surface area contributed by atoms with E-state index in [1.165, 1.54) is 17.9 Å². The van der Waals surface area contributed by atoms with E-state index in [2.05, 4.69) is 24.5 Å². The zero-order valence-corrected chi connectivity index (χ0v) is 10.5. The summed E-state index contributed by atoms with van der Waals surface area (Å²) in [6.07, 6.45) is 2.90. The summed E-state index contributed by atoms with van der Waals surface area (Å²) < 4.78 is 0. The van der Waals surface area contributed by atoms with E-state index in [1.807, 2.05) is 11.8 Å². The van der Waals surface area contributed by atoms with Crippen LogP contribution in [0, 0.1) is 0 Å². The molecule has 3 nitrogen and oxygen atoms in total. The molecule has 1 aliphatic heterocycles. The normalized spacial score (nSPS) is 22.8. The highest BCUT2D eigenvalue weighted by molar-refractivity contribution is 7.99. The van der Waals surface area contributed by atoms with Crippen LogP contribution >= 0.6 is 11.8 Å². The first kappa shape index (κ1) is 12.8. The van der Waals surface area contributed by atoms with E-state index in [0.29, 0.717) is 18.5 Å². The fraction of sp³-hybridized carbons (Fsp3) is 0.909. The van der Waals surface area contributed by atoms with Crippen molar-refractivity contribution in [2.45, 2.75) is 45.2 Å². The quantitative estimate of drug-likeness (QED) is 0.649. The van der Waals surface area contributed by atoms with Crippen molar-refractivity contribution in [3.63, 3.8) is 0 Å². The molecule has 1 saturated heterocycles. The average Bonchev–Trinajstić information content (AvgIpc) is 2.62. The van der Waals surface area contributed by atoms with Crippen LogP contribution in [0.5, 0.6) is 0 Å². The second kappa shape index (κ2) is 7.12. The third kappa shape index (κ3) is 5.42. The van der Waals surface area contributed by atoms with E-state index in [9.17, 15) is 4.79 Å². The van der Waals surface area contributed by atoms with Crippen molar-refractivity contribution in [1.29, 1.82) is 0 Å². The van der Waals surface area contributed by atoms with Crippen molar-refractivity contribution >= 4 is 17.7 Å². The summed E-state index contributed by atoms with van der Waals surface area (Å²) >= 11 is 1.99. The van der Waals surface area contributed by atoms with E-state index in [0.717, 1.165) is 13.0 Å². The van der Waals surface area contributed by atoms with Gasteiger partial charge in [0.25, 0.3) is 0 Å².